The molecular formula is C15H12ClFO2S. The van der Waals surface area contributed by atoms with Gasteiger partial charge in [0.05, 0.1) is 0 Å². The maximum absolute atomic E-state index is 13.6. The van der Waals surface area contributed by atoms with Crippen molar-refractivity contribution in [1.29, 1.82) is 0 Å². The van der Waals surface area contributed by atoms with Crippen molar-refractivity contribution < 1.29 is 14.3 Å². The topological polar surface area (TPSA) is 37.3 Å². The van der Waals surface area contributed by atoms with Crippen molar-refractivity contribution in [2.45, 2.75) is 16.6 Å². The summed E-state index contributed by atoms with van der Waals surface area (Å²) in [7, 11) is 0. The molecule has 2 aromatic carbocycles. The summed E-state index contributed by atoms with van der Waals surface area (Å²) in [6.45, 7) is 0. The van der Waals surface area contributed by atoms with E-state index in [9.17, 15) is 14.3 Å². The fraction of sp³-hybridized carbons (Fsp3) is 0.133. The van der Waals surface area contributed by atoms with Gasteiger partial charge in [-0.1, -0.05) is 29.8 Å². The van der Waals surface area contributed by atoms with Crippen LogP contribution in [-0.4, -0.2) is 16.3 Å². The lowest BCUT2D eigenvalue weighted by Gasteiger charge is -2.12. The summed E-state index contributed by atoms with van der Waals surface area (Å²) in [4.78, 5) is 12.1. The second kappa shape index (κ2) is 6.77. The molecule has 1 atom stereocenters. The second-order valence-corrected chi connectivity index (χ2v) is 5.91. The molecule has 0 aliphatic heterocycles. The Kier molecular flexibility index (Phi) is 5.04. The number of carbonyl (C=O) groups is 1. The maximum atomic E-state index is 13.6. The average molecular weight is 311 g/mol. The van der Waals surface area contributed by atoms with Crippen LogP contribution in [0.4, 0.5) is 4.39 Å². The molecule has 0 spiro atoms. The lowest BCUT2D eigenvalue weighted by Crippen LogP contribution is -2.19. The first-order chi connectivity index (χ1) is 9.56. The van der Waals surface area contributed by atoms with Gasteiger partial charge in [0.1, 0.15) is 11.1 Å². The Morgan fingerprint density at radius 2 is 1.85 bits per heavy atom. The van der Waals surface area contributed by atoms with E-state index in [-0.39, 0.29) is 12.2 Å². The molecule has 0 bridgehead atoms. The summed E-state index contributed by atoms with van der Waals surface area (Å²) in [6, 6.07) is 13.1. The molecule has 2 rings (SSSR count). The van der Waals surface area contributed by atoms with E-state index in [0.717, 1.165) is 4.90 Å². The zero-order valence-electron chi connectivity index (χ0n) is 10.4. The van der Waals surface area contributed by atoms with Crippen LogP contribution in [0, 0.1) is 5.82 Å². The van der Waals surface area contributed by atoms with E-state index in [1.807, 2.05) is 0 Å². The molecule has 1 N–H and O–H groups in total. The third-order valence-electron chi connectivity index (χ3n) is 2.73. The Labute approximate surface area is 125 Å². The third kappa shape index (κ3) is 3.99. The minimum Gasteiger partial charge on any atom is -0.480 e. The van der Waals surface area contributed by atoms with Crippen LogP contribution in [0.25, 0.3) is 0 Å². The second-order valence-electron chi connectivity index (χ2n) is 4.19. The van der Waals surface area contributed by atoms with Gasteiger partial charge in [0.15, 0.2) is 0 Å². The SMILES string of the molecule is O=C(O)[C@@H](Cc1ccccc1F)Sc1ccc(Cl)cc1. The number of aliphatic carboxylic acids is 1. The van der Waals surface area contributed by atoms with Crippen LogP contribution in [0.2, 0.25) is 5.02 Å². The van der Waals surface area contributed by atoms with Crippen molar-refractivity contribution in [3.05, 3.63) is 64.9 Å². The highest BCUT2D eigenvalue weighted by atomic mass is 35.5. The number of thioether (sulfide) groups is 1. The highest BCUT2D eigenvalue weighted by Crippen LogP contribution is 2.27. The first-order valence-electron chi connectivity index (χ1n) is 5.94. The molecular weight excluding hydrogens is 299 g/mol. The first-order valence-corrected chi connectivity index (χ1v) is 7.20. The van der Waals surface area contributed by atoms with Gasteiger partial charge in [-0.3, -0.25) is 4.79 Å². The highest BCUT2D eigenvalue weighted by molar-refractivity contribution is 8.00. The van der Waals surface area contributed by atoms with Crippen molar-refractivity contribution in [1.82, 2.24) is 0 Å². The summed E-state index contributed by atoms with van der Waals surface area (Å²) in [5.41, 5.74) is 0.404. The summed E-state index contributed by atoms with van der Waals surface area (Å²) in [5.74, 6) is -1.34. The molecule has 0 saturated heterocycles. The number of carboxylic acid groups (broad SMARTS) is 1. The van der Waals surface area contributed by atoms with E-state index in [1.54, 1.807) is 42.5 Å². The molecule has 0 aliphatic carbocycles. The predicted octanol–water partition coefficient (Wildman–Crippen LogP) is 4.27. The molecule has 0 aliphatic rings. The fourth-order valence-electron chi connectivity index (χ4n) is 1.72. The number of hydrogen-bond acceptors (Lipinski definition) is 2. The largest absolute Gasteiger partial charge is 0.480 e. The van der Waals surface area contributed by atoms with Gasteiger partial charge in [-0.05, 0) is 42.3 Å². The van der Waals surface area contributed by atoms with Crippen LogP contribution in [-0.2, 0) is 11.2 Å². The zero-order valence-corrected chi connectivity index (χ0v) is 12.0. The van der Waals surface area contributed by atoms with Gasteiger partial charge in [0.25, 0.3) is 0 Å². The Hall–Kier alpha value is -1.52. The van der Waals surface area contributed by atoms with E-state index in [0.29, 0.717) is 10.6 Å². The first kappa shape index (κ1) is 14.9. The van der Waals surface area contributed by atoms with Crippen molar-refractivity contribution in [3.63, 3.8) is 0 Å². The Bertz CT molecular complexity index is 601. The van der Waals surface area contributed by atoms with Crippen molar-refractivity contribution in [2.75, 3.05) is 0 Å². The molecule has 0 aromatic heterocycles. The van der Waals surface area contributed by atoms with Crippen molar-refractivity contribution >= 4 is 29.3 Å². The third-order valence-corrected chi connectivity index (χ3v) is 4.18. The number of hydrogen-bond donors (Lipinski definition) is 1. The molecule has 0 heterocycles. The normalized spacial score (nSPS) is 12.1. The fourth-order valence-corrected chi connectivity index (χ4v) is 2.83. The van der Waals surface area contributed by atoms with Crippen molar-refractivity contribution in [2.24, 2.45) is 0 Å². The number of rotatable bonds is 5. The van der Waals surface area contributed by atoms with Gasteiger partial charge in [0.2, 0.25) is 0 Å². The predicted molar refractivity (Wildman–Crippen MR) is 78.8 cm³/mol. The lowest BCUT2D eigenvalue weighted by atomic mass is 10.1. The van der Waals surface area contributed by atoms with E-state index in [4.69, 9.17) is 11.6 Å². The Balaban J connectivity index is 2.14. The minimum atomic E-state index is -0.965. The monoisotopic (exact) mass is 310 g/mol. The zero-order chi connectivity index (χ0) is 14.5. The van der Waals surface area contributed by atoms with Crippen LogP contribution in [0.15, 0.2) is 53.4 Å². The van der Waals surface area contributed by atoms with E-state index >= 15 is 0 Å². The Morgan fingerprint density at radius 1 is 1.20 bits per heavy atom. The van der Waals surface area contributed by atoms with Crippen LogP contribution >= 0.6 is 23.4 Å². The van der Waals surface area contributed by atoms with E-state index < -0.39 is 11.2 Å². The summed E-state index contributed by atoms with van der Waals surface area (Å²) in [5, 5.41) is 9.12. The number of benzene rings is 2. The minimum absolute atomic E-state index is 0.134. The molecule has 0 amide bonds. The average Bonchev–Trinajstić information content (AvgIpc) is 2.42. The molecule has 104 valence electrons. The molecule has 0 saturated carbocycles. The van der Waals surface area contributed by atoms with E-state index in [1.165, 1.54) is 17.8 Å². The van der Waals surface area contributed by atoms with Gasteiger partial charge in [-0.2, -0.15) is 0 Å². The van der Waals surface area contributed by atoms with Gasteiger partial charge in [0, 0.05) is 9.92 Å². The van der Waals surface area contributed by atoms with Gasteiger partial charge < -0.3 is 5.11 Å². The van der Waals surface area contributed by atoms with Crippen LogP contribution in [0.5, 0.6) is 0 Å². The summed E-state index contributed by atoms with van der Waals surface area (Å²) >= 11 is 6.97. The summed E-state index contributed by atoms with van der Waals surface area (Å²) in [6.07, 6.45) is 0.134. The lowest BCUT2D eigenvalue weighted by molar-refractivity contribution is -0.136. The van der Waals surface area contributed by atoms with E-state index in [2.05, 4.69) is 0 Å². The van der Waals surface area contributed by atoms with Crippen molar-refractivity contribution in [3.8, 4) is 0 Å². The maximum Gasteiger partial charge on any atom is 0.317 e. The van der Waals surface area contributed by atoms with Crippen LogP contribution in [0.1, 0.15) is 5.56 Å². The smallest absolute Gasteiger partial charge is 0.317 e. The molecule has 2 aromatic rings. The van der Waals surface area contributed by atoms with Gasteiger partial charge in [-0.15, -0.1) is 11.8 Å². The molecule has 20 heavy (non-hydrogen) atoms. The molecule has 5 heteroatoms. The summed E-state index contributed by atoms with van der Waals surface area (Å²) < 4.78 is 13.6. The molecule has 0 unspecified atom stereocenters. The van der Waals surface area contributed by atoms with Crippen LogP contribution in [0.3, 0.4) is 0 Å². The molecule has 2 nitrogen and oxygen atoms in total. The number of halogens is 2. The van der Waals surface area contributed by atoms with Crippen LogP contribution < -0.4 is 0 Å². The quantitative estimate of drug-likeness (QED) is 0.838. The van der Waals surface area contributed by atoms with Gasteiger partial charge in [-0.25, -0.2) is 4.39 Å². The molecule has 0 radical (unpaired) electrons. The standard InChI is InChI=1S/C15H12ClFO2S/c16-11-5-7-12(8-6-11)20-14(15(18)19)9-10-3-1-2-4-13(10)17/h1-8,14H,9H2,(H,18,19)/t14-/m1/s1. The van der Waals surface area contributed by atoms with Gasteiger partial charge >= 0.3 is 5.97 Å². The number of carboxylic acids is 1. The highest BCUT2D eigenvalue weighted by Gasteiger charge is 2.20. The molecule has 0 fully saturated rings. The Morgan fingerprint density at radius 3 is 2.45 bits per heavy atom.